The number of carbonyl (C=O) groups is 1. The minimum absolute atomic E-state index is 0.00120. The van der Waals surface area contributed by atoms with E-state index < -0.39 is 5.82 Å². The Labute approximate surface area is 147 Å². The van der Waals surface area contributed by atoms with Gasteiger partial charge in [-0.3, -0.25) is 9.69 Å². The second-order valence-corrected chi connectivity index (χ2v) is 6.58. The Bertz CT molecular complexity index is 665. The molecule has 0 bridgehead atoms. The summed E-state index contributed by atoms with van der Waals surface area (Å²) >= 11 is 0. The van der Waals surface area contributed by atoms with E-state index in [1.54, 1.807) is 12.1 Å². The summed E-state index contributed by atoms with van der Waals surface area (Å²) in [6, 6.07) is 5.17. The van der Waals surface area contributed by atoms with E-state index in [0.717, 1.165) is 19.4 Å². The summed E-state index contributed by atoms with van der Waals surface area (Å²) < 4.78 is 18.7. The summed E-state index contributed by atoms with van der Waals surface area (Å²) in [5.41, 5.74) is 1.34. The third kappa shape index (κ3) is 4.28. The molecule has 2 atom stereocenters. The number of hydrogen-bond acceptors (Lipinski definition) is 5. The summed E-state index contributed by atoms with van der Waals surface area (Å²) in [5, 5.41) is 6.93. The van der Waals surface area contributed by atoms with Crippen molar-refractivity contribution in [1.82, 2.24) is 10.2 Å². The molecule has 1 saturated heterocycles. The van der Waals surface area contributed by atoms with Crippen LogP contribution in [0.3, 0.4) is 0 Å². The van der Waals surface area contributed by atoms with Crippen LogP contribution in [0.4, 0.5) is 4.39 Å². The maximum atomic E-state index is 13.8. The number of benzene rings is 1. The molecule has 1 N–H and O–H groups in total. The van der Waals surface area contributed by atoms with Crippen LogP contribution in [0.2, 0.25) is 0 Å². The number of oxime groups is 1. The maximum absolute atomic E-state index is 13.8. The number of rotatable bonds is 6. The van der Waals surface area contributed by atoms with Gasteiger partial charge in [-0.1, -0.05) is 5.16 Å². The molecule has 6 nitrogen and oxygen atoms in total. The van der Waals surface area contributed by atoms with Crippen molar-refractivity contribution < 1.29 is 18.8 Å². The van der Waals surface area contributed by atoms with Gasteiger partial charge in [-0.15, -0.1) is 0 Å². The van der Waals surface area contributed by atoms with Crippen LogP contribution in [0.25, 0.3) is 0 Å². The predicted molar refractivity (Wildman–Crippen MR) is 92.3 cm³/mol. The highest BCUT2D eigenvalue weighted by Gasteiger charge is 2.25. The van der Waals surface area contributed by atoms with Gasteiger partial charge in [0.1, 0.15) is 6.10 Å². The maximum Gasteiger partial charge on any atom is 0.234 e. The van der Waals surface area contributed by atoms with Crippen molar-refractivity contribution in [1.29, 1.82) is 0 Å². The Morgan fingerprint density at radius 3 is 3.04 bits per heavy atom. The zero-order chi connectivity index (χ0) is 17.8. The van der Waals surface area contributed by atoms with Gasteiger partial charge in [-0.05, 0) is 44.5 Å². The van der Waals surface area contributed by atoms with Crippen molar-refractivity contribution in [2.24, 2.45) is 5.16 Å². The topological polar surface area (TPSA) is 63.2 Å². The molecule has 1 fully saturated rings. The molecule has 136 valence electrons. The van der Waals surface area contributed by atoms with E-state index in [1.165, 1.54) is 13.2 Å². The highest BCUT2D eigenvalue weighted by atomic mass is 19.1. The molecule has 0 spiro atoms. The van der Waals surface area contributed by atoms with Crippen molar-refractivity contribution in [3.8, 4) is 5.75 Å². The van der Waals surface area contributed by atoms with E-state index in [0.29, 0.717) is 36.8 Å². The minimum Gasteiger partial charge on any atom is -0.494 e. The highest BCUT2D eigenvalue weighted by molar-refractivity contribution is 6.01. The van der Waals surface area contributed by atoms with Gasteiger partial charge in [0.05, 0.1) is 25.9 Å². The lowest BCUT2D eigenvalue weighted by molar-refractivity contribution is -0.123. The summed E-state index contributed by atoms with van der Waals surface area (Å²) in [7, 11) is 1.43. The number of ether oxygens (including phenoxy) is 1. The van der Waals surface area contributed by atoms with E-state index in [-0.39, 0.29) is 17.8 Å². The quantitative estimate of drug-likeness (QED) is 0.852. The Morgan fingerprint density at radius 2 is 2.36 bits per heavy atom. The van der Waals surface area contributed by atoms with Crippen molar-refractivity contribution in [2.45, 2.75) is 38.3 Å². The molecule has 3 rings (SSSR count). The zero-order valence-electron chi connectivity index (χ0n) is 14.6. The number of hydrogen-bond donors (Lipinski definition) is 1. The number of nitrogens with one attached hydrogen (secondary N) is 1. The molecule has 0 radical (unpaired) electrons. The van der Waals surface area contributed by atoms with Crippen LogP contribution in [-0.4, -0.2) is 55.4 Å². The van der Waals surface area contributed by atoms with Crippen molar-refractivity contribution in [2.75, 3.05) is 26.7 Å². The number of amides is 1. The molecule has 0 aromatic heterocycles. The van der Waals surface area contributed by atoms with Crippen LogP contribution in [0, 0.1) is 5.82 Å². The van der Waals surface area contributed by atoms with Crippen molar-refractivity contribution in [3.63, 3.8) is 0 Å². The minimum atomic E-state index is -0.431. The second kappa shape index (κ2) is 7.82. The number of methoxy groups -OCH3 is 1. The van der Waals surface area contributed by atoms with Gasteiger partial charge in [0.2, 0.25) is 5.91 Å². The smallest absolute Gasteiger partial charge is 0.234 e. The molecule has 7 heteroatoms. The molecule has 1 amide bonds. The van der Waals surface area contributed by atoms with E-state index >= 15 is 0 Å². The number of nitrogens with zero attached hydrogens (tertiary/aromatic N) is 2. The third-order valence-electron chi connectivity index (χ3n) is 4.78. The molecule has 0 aliphatic carbocycles. The first-order chi connectivity index (χ1) is 12.1. The van der Waals surface area contributed by atoms with Gasteiger partial charge in [-0.25, -0.2) is 4.39 Å². The lowest BCUT2D eigenvalue weighted by Crippen LogP contribution is -2.41. The van der Waals surface area contributed by atoms with Crippen LogP contribution in [0.15, 0.2) is 23.4 Å². The van der Waals surface area contributed by atoms with E-state index in [4.69, 9.17) is 9.57 Å². The molecule has 1 aromatic carbocycles. The normalized spacial score (nSPS) is 23.2. The Morgan fingerprint density at radius 1 is 1.52 bits per heavy atom. The fourth-order valence-electron chi connectivity index (χ4n) is 3.25. The summed E-state index contributed by atoms with van der Waals surface area (Å²) in [5.74, 6) is -0.233. The summed E-state index contributed by atoms with van der Waals surface area (Å²) in [6.07, 6.45) is 2.61. The Hall–Kier alpha value is -2.15. The molecule has 1 aromatic rings. The van der Waals surface area contributed by atoms with Crippen molar-refractivity contribution >= 4 is 11.6 Å². The second-order valence-electron chi connectivity index (χ2n) is 6.58. The van der Waals surface area contributed by atoms with E-state index in [2.05, 4.69) is 22.3 Å². The molecule has 25 heavy (non-hydrogen) atoms. The van der Waals surface area contributed by atoms with Gasteiger partial charge in [0, 0.05) is 18.0 Å². The van der Waals surface area contributed by atoms with E-state index in [1.807, 2.05) is 0 Å². The third-order valence-corrected chi connectivity index (χ3v) is 4.78. The lowest BCUT2D eigenvalue weighted by atomic mass is 10.0. The molecular formula is C18H24FN3O3. The summed E-state index contributed by atoms with van der Waals surface area (Å²) in [4.78, 5) is 19.6. The first-order valence-electron chi connectivity index (χ1n) is 8.64. The van der Waals surface area contributed by atoms with Gasteiger partial charge < -0.3 is 14.9 Å². The van der Waals surface area contributed by atoms with Crippen LogP contribution in [0.5, 0.6) is 5.75 Å². The standard InChI is InChI=1S/C18H24FN3O3/c1-12-4-3-7-22(12)11-18(23)20-10-14-9-16(21-25-14)13-5-6-17(24-2)15(19)8-13/h5-6,8,12,14H,3-4,7,9-11H2,1-2H3,(H,20,23)/t12-,14-/m1/s1. The SMILES string of the molecule is COc1ccc(C2=NO[C@@H](CNC(=O)CN3CCC[C@H]3C)C2)cc1F. The predicted octanol–water partition coefficient (Wildman–Crippen LogP) is 1.93. The van der Waals surface area contributed by atoms with Crippen molar-refractivity contribution in [3.05, 3.63) is 29.6 Å². The average molecular weight is 349 g/mol. The van der Waals surface area contributed by atoms with Crippen LogP contribution in [-0.2, 0) is 9.63 Å². The van der Waals surface area contributed by atoms with Gasteiger partial charge in [0.25, 0.3) is 0 Å². The van der Waals surface area contributed by atoms with Gasteiger partial charge in [0.15, 0.2) is 11.6 Å². The monoisotopic (exact) mass is 349 g/mol. The fourth-order valence-corrected chi connectivity index (χ4v) is 3.25. The molecule has 0 unspecified atom stereocenters. The van der Waals surface area contributed by atoms with Crippen LogP contribution >= 0.6 is 0 Å². The average Bonchev–Trinajstić information content (AvgIpc) is 3.22. The van der Waals surface area contributed by atoms with Gasteiger partial charge >= 0.3 is 0 Å². The largest absolute Gasteiger partial charge is 0.494 e. The number of likely N-dealkylation sites (tertiary alicyclic amines) is 1. The molecule has 0 saturated carbocycles. The Balaban J connectivity index is 1.46. The number of carbonyl (C=O) groups excluding carboxylic acids is 1. The number of halogens is 1. The highest BCUT2D eigenvalue weighted by Crippen LogP contribution is 2.22. The first kappa shape index (κ1) is 17.7. The molecule has 2 aliphatic heterocycles. The zero-order valence-corrected chi connectivity index (χ0v) is 14.6. The molecule has 2 aliphatic rings. The lowest BCUT2D eigenvalue weighted by Gasteiger charge is -2.20. The van der Waals surface area contributed by atoms with Gasteiger partial charge in [-0.2, -0.15) is 0 Å². The van der Waals surface area contributed by atoms with Crippen LogP contribution < -0.4 is 10.1 Å². The molecular weight excluding hydrogens is 325 g/mol. The van der Waals surface area contributed by atoms with E-state index in [9.17, 15) is 9.18 Å². The first-order valence-corrected chi connectivity index (χ1v) is 8.64. The van der Waals surface area contributed by atoms with Crippen LogP contribution in [0.1, 0.15) is 31.7 Å². The summed E-state index contributed by atoms with van der Waals surface area (Å²) in [6.45, 7) is 3.94. The Kier molecular flexibility index (Phi) is 5.53. The molecule has 2 heterocycles. The fraction of sp³-hybridized carbons (Fsp3) is 0.556.